The third-order valence-electron chi connectivity index (χ3n) is 1.81. The molecule has 0 radical (unpaired) electrons. The minimum atomic E-state index is -0.848. The summed E-state index contributed by atoms with van der Waals surface area (Å²) in [5, 5.41) is 8.50. The summed E-state index contributed by atoms with van der Waals surface area (Å²) in [7, 11) is 1.30. The number of nitriles is 1. The van der Waals surface area contributed by atoms with E-state index in [1.54, 1.807) is 6.92 Å². The van der Waals surface area contributed by atoms with Gasteiger partial charge in [0.15, 0.2) is 5.82 Å². The fraction of sp³-hybridized carbons (Fsp3) is 0.273. The third-order valence-corrected chi connectivity index (χ3v) is 1.81. The first-order valence-corrected chi connectivity index (χ1v) is 4.77. The van der Waals surface area contributed by atoms with Crippen LogP contribution in [0.3, 0.4) is 0 Å². The highest BCUT2D eigenvalue weighted by Gasteiger charge is 2.10. The van der Waals surface area contributed by atoms with Gasteiger partial charge in [-0.2, -0.15) is 10.3 Å². The molecule has 0 N–H and O–H groups in total. The summed E-state index contributed by atoms with van der Waals surface area (Å²) < 4.78 is 36.3. The van der Waals surface area contributed by atoms with Gasteiger partial charge in [0.2, 0.25) is 0 Å². The maximum absolute atomic E-state index is 13.4. The van der Waals surface area contributed by atoms with Crippen LogP contribution in [0.2, 0.25) is 0 Å². The molecular weight excluding hydrogens is 230 g/mol. The lowest BCUT2D eigenvalue weighted by Crippen LogP contribution is -2.06. The number of hydrogen-bond acceptors (Lipinski definition) is 4. The minimum Gasteiger partial charge on any atom is -0.454 e. The Balaban J connectivity index is 3.15. The Morgan fingerprint density at radius 1 is 1.41 bits per heavy atom. The molecule has 0 saturated carbocycles. The van der Waals surface area contributed by atoms with Gasteiger partial charge >= 0.3 is 6.08 Å². The first-order valence-electron chi connectivity index (χ1n) is 4.77. The molecule has 0 aliphatic heterocycles. The zero-order chi connectivity index (χ0) is 12.8. The van der Waals surface area contributed by atoms with E-state index in [4.69, 9.17) is 14.7 Å². The van der Waals surface area contributed by atoms with Crippen molar-refractivity contribution in [2.75, 3.05) is 13.7 Å². The number of ether oxygens (including phenoxy) is 2. The first-order chi connectivity index (χ1) is 8.12. The van der Waals surface area contributed by atoms with Crippen molar-refractivity contribution in [3.8, 4) is 6.07 Å². The summed E-state index contributed by atoms with van der Waals surface area (Å²) >= 11 is 0. The van der Waals surface area contributed by atoms with E-state index in [0.717, 1.165) is 12.1 Å². The van der Waals surface area contributed by atoms with Crippen LogP contribution in [0.1, 0.15) is 12.5 Å². The Hall–Kier alpha value is -2.16. The third kappa shape index (κ3) is 3.14. The molecule has 4 nitrogen and oxygen atoms in total. The summed E-state index contributed by atoms with van der Waals surface area (Å²) in [6, 6.07) is 3.11. The Morgan fingerprint density at radius 2 is 2.12 bits per heavy atom. The summed E-state index contributed by atoms with van der Waals surface area (Å²) in [5.41, 5.74) is -0.663. The fourth-order valence-corrected chi connectivity index (χ4v) is 1.07. The van der Waals surface area contributed by atoms with Crippen LogP contribution in [-0.4, -0.2) is 19.8 Å². The van der Waals surface area contributed by atoms with Crippen molar-refractivity contribution >= 4 is 11.8 Å². The summed E-state index contributed by atoms with van der Waals surface area (Å²) in [6.07, 6.45) is -0.171. The van der Waals surface area contributed by atoms with Gasteiger partial charge in [-0.05, 0) is 13.0 Å². The summed E-state index contributed by atoms with van der Waals surface area (Å²) in [5.74, 6) is -1.67. The van der Waals surface area contributed by atoms with Crippen LogP contribution < -0.4 is 0 Å². The second kappa shape index (κ2) is 5.80. The number of nitrogens with zero attached hydrogens (tertiary/aromatic N) is 2. The second-order valence-corrected chi connectivity index (χ2v) is 2.91. The summed E-state index contributed by atoms with van der Waals surface area (Å²) in [4.78, 5) is 3.65. The van der Waals surface area contributed by atoms with Crippen molar-refractivity contribution in [3.05, 3.63) is 29.3 Å². The van der Waals surface area contributed by atoms with E-state index in [1.165, 1.54) is 13.2 Å². The fourth-order valence-electron chi connectivity index (χ4n) is 1.07. The molecule has 1 rings (SSSR count). The van der Waals surface area contributed by atoms with Crippen LogP contribution in [0, 0.1) is 23.0 Å². The van der Waals surface area contributed by atoms with Gasteiger partial charge in [0, 0.05) is 6.07 Å². The zero-order valence-corrected chi connectivity index (χ0v) is 9.33. The van der Waals surface area contributed by atoms with Crippen molar-refractivity contribution in [2.24, 2.45) is 4.99 Å². The second-order valence-electron chi connectivity index (χ2n) is 2.91. The smallest absolute Gasteiger partial charge is 0.388 e. The number of hydrogen-bond donors (Lipinski definition) is 0. The van der Waals surface area contributed by atoms with Gasteiger partial charge < -0.3 is 9.47 Å². The molecule has 0 atom stereocenters. The first kappa shape index (κ1) is 12.9. The minimum absolute atomic E-state index is 0.171. The Bertz CT molecular complexity index is 481. The van der Waals surface area contributed by atoms with E-state index < -0.39 is 11.6 Å². The largest absolute Gasteiger partial charge is 0.454 e. The van der Waals surface area contributed by atoms with Crippen LogP contribution in [0.25, 0.3) is 0 Å². The van der Waals surface area contributed by atoms with Gasteiger partial charge in [0.25, 0.3) is 0 Å². The van der Waals surface area contributed by atoms with Crippen molar-refractivity contribution in [1.29, 1.82) is 5.26 Å². The van der Waals surface area contributed by atoms with Gasteiger partial charge in [0.05, 0.1) is 19.3 Å². The van der Waals surface area contributed by atoms with Gasteiger partial charge in [-0.3, -0.25) is 0 Å². The molecule has 0 unspecified atom stereocenters. The van der Waals surface area contributed by atoms with Crippen LogP contribution >= 0.6 is 0 Å². The average Bonchev–Trinajstić information content (AvgIpc) is 2.32. The maximum Gasteiger partial charge on any atom is 0.388 e. The van der Waals surface area contributed by atoms with E-state index in [-0.39, 0.29) is 23.9 Å². The van der Waals surface area contributed by atoms with Crippen molar-refractivity contribution in [3.63, 3.8) is 0 Å². The van der Waals surface area contributed by atoms with E-state index in [9.17, 15) is 8.78 Å². The molecule has 0 aromatic heterocycles. The van der Waals surface area contributed by atoms with Crippen LogP contribution in [0.5, 0.6) is 0 Å². The molecular formula is C11H10F2N2O2. The Labute approximate surface area is 97.1 Å². The highest BCUT2D eigenvalue weighted by Crippen LogP contribution is 2.22. The molecule has 0 bridgehead atoms. The lowest BCUT2D eigenvalue weighted by Gasteiger charge is -2.05. The molecule has 0 saturated heterocycles. The van der Waals surface area contributed by atoms with Crippen molar-refractivity contribution in [1.82, 2.24) is 0 Å². The molecule has 90 valence electrons. The predicted molar refractivity (Wildman–Crippen MR) is 56.8 cm³/mol. The standard InChI is InChI=1S/C11H10F2N2O2/c1-3-17-11(16-2)15-10-5-8(12)7(6-14)4-9(10)13/h4-5H,3H2,1-2H3. The Morgan fingerprint density at radius 3 is 2.65 bits per heavy atom. The van der Waals surface area contributed by atoms with Crippen LogP contribution in [-0.2, 0) is 9.47 Å². The molecule has 0 amide bonds. The predicted octanol–water partition coefficient (Wildman–Crippen LogP) is 2.51. The monoisotopic (exact) mass is 240 g/mol. The van der Waals surface area contributed by atoms with E-state index in [0.29, 0.717) is 0 Å². The van der Waals surface area contributed by atoms with Crippen LogP contribution in [0.15, 0.2) is 17.1 Å². The highest BCUT2D eigenvalue weighted by atomic mass is 19.1. The topological polar surface area (TPSA) is 54.6 Å². The molecule has 0 heterocycles. The van der Waals surface area contributed by atoms with E-state index in [1.807, 2.05) is 0 Å². The molecule has 0 fully saturated rings. The molecule has 0 aliphatic carbocycles. The number of benzene rings is 1. The van der Waals surface area contributed by atoms with E-state index in [2.05, 4.69) is 4.99 Å². The molecule has 17 heavy (non-hydrogen) atoms. The number of rotatable bonds is 2. The van der Waals surface area contributed by atoms with E-state index >= 15 is 0 Å². The number of methoxy groups -OCH3 is 1. The molecule has 1 aromatic rings. The van der Waals surface area contributed by atoms with Gasteiger partial charge in [-0.1, -0.05) is 0 Å². The highest BCUT2D eigenvalue weighted by molar-refractivity contribution is 5.71. The molecule has 0 aliphatic rings. The molecule has 1 aromatic carbocycles. The van der Waals surface area contributed by atoms with Gasteiger partial charge in [-0.25, -0.2) is 8.78 Å². The normalized spacial score (nSPS) is 10.9. The van der Waals surface area contributed by atoms with Crippen molar-refractivity contribution in [2.45, 2.75) is 6.92 Å². The maximum atomic E-state index is 13.4. The summed E-state index contributed by atoms with van der Waals surface area (Å²) in [6.45, 7) is 1.98. The van der Waals surface area contributed by atoms with Gasteiger partial charge in [-0.15, -0.1) is 0 Å². The number of aliphatic imine (C=N–C) groups is 1. The van der Waals surface area contributed by atoms with Crippen LogP contribution in [0.4, 0.5) is 14.5 Å². The quantitative estimate of drug-likeness (QED) is 0.589. The zero-order valence-electron chi connectivity index (χ0n) is 9.33. The molecule has 6 heteroatoms. The SMILES string of the molecule is CCOC(=Nc1cc(F)c(C#N)cc1F)OC. The number of halogens is 2. The lowest BCUT2D eigenvalue weighted by molar-refractivity contribution is 0.208. The van der Waals surface area contributed by atoms with Gasteiger partial charge in [0.1, 0.15) is 17.6 Å². The molecule has 0 spiro atoms. The lowest BCUT2D eigenvalue weighted by atomic mass is 10.2. The average molecular weight is 240 g/mol. The Kier molecular flexibility index (Phi) is 4.40. The van der Waals surface area contributed by atoms with Crippen molar-refractivity contribution < 1.29 is 18.3 Å².